The van der Waals surface area contributed by atoms with Crippen LogP contribution in [0.4, 0.5) is 0 Å². The zero-order chi connectivity index (χ0) is 28.1. The Balaban J connectivity index is 1.20. The smallest absolute Gasteiger partial charge is 0.163 e. The normalized spacial score (nSPS) is 32.1. The summed E-state index contributed by atoms with van der Waals surface area (Å²) in [6, 6.07) is 0.508. The molecule has 1 fully saturated rings. The first kappa shape index (κ1) is 28.6. The number of ketones is 1. The number of hydrogen-bond acceptors (Lipinski definition) is 5. The fourth-order valence-corrected chi connectivity index (χ4v) is 7.07. The molecule has 5 heteroatoms. The summed E-state index contributed by atoms with van der Waals surface area (Å²) in [5.74, 6) is 1.07. The summed E-state index contributed by atoms with van der Waals surface area (Å²) < 4.78 is 0. The van der Waals surface area contributed by atoms with E-state index < -0.39 is 0 Å². The van der Waals surface area contributed by atoms with E-state index in [4.69, 9.17) is 20.3 Å². The van der Waals surface area contributed by atoms with Crippen molar-refractivity contribution in [1.82, 2.24) is 0 Å². The van der Waals surface area contributed by atoms with Gasteiger partial charge < -0.3 is 5.11 Å². The Morgan fingerprint density at radius 2 is 2.02 bits per heavy atom. The van der Waals surface area contributed by atoms with Gasteiger partial charge in [-0.3, -0.25) is 9.79 Å². The molecular weight excluding hydrogens is 494 g/mol. The maximum atomic E-state index is 12.8. The number of aliphatic hydroxyl groups is 1. The summed E-state index contributed by atoms with van der Waals surface area (Å²) >= 11 is 0. The van der Waals surface area contributed by atoms with E-state index in [1.807, 2.05) is 0 Å². The van der Waals surface area contributed by atoms with Crippen molar-refractivity contribution in [2.45, 2.75) is 90.6 Å². The predicted molar refractivity (Wildman–Crippen MR) is 163 cm³/mol. The van der Waals surface area contributed by atoms with E-state index >= 15 is 0 Å². The zero-order valence-corrected chi connectivity index (χ0v) is 24.4. The quantitative estimate of drug-likeness (QED) is 0.251. The highest BCUT2D eigenvalue weighted by molar-refractivity contribution is 5.94. The molecule has 5 atom stereocenters. The first-order chi connectivity index (χ1) is 19.5. The van der Waals surface area contributed by atoms with Gasteiger partial charge in [-0.15, -0.1) is 0 Å². The van der Waals surface area contributed by atoms with Gasteiger partial charge in [0.25, 0.3) is 0 Å². The van der Waals surface area contributed by atoms with Crippen LogP contribution in [0, 0.1) is 23.7 Å². The zero-order valence-electron chi connectivity index (χ0n) is 24.4. The molecule has 5 nitrogen and oxygen atoms in total. The first-order valence-corrected chi connectivity index (χ1v) is 15.4. The minimum atomic E-state index is -0.120. The number of rotatable bonds is 8. The number of carbonyl (C=O) groups is 1. The molecule has 40 heavy (non-hydrogen) atoms. The van der Waals surface area contributed by atoms with Gasteiger partial charge in [-0.1, -0.05) is 67.5 Å². The van der Waals surface area contributed by atoms with E-state index in [2.05, 4.69) is 63.4 Å². The molecule has 0 aromatic heterocycles. The molecule has 2 aliphatic heterocycles. The number of hydrogen-bond donors (Lipinski definition) is 1. The minimum Gasteiger partial charge on any atom is -0.396 e. The van der Waals surface area contributed by atoms with Crippen LogP contribution in [0.2, 0.25) is 0 Å². The topological polar surface area (TPSA) is 74.4 Å². The van der Waals surface area contributed by atoms with Crippen LogP contribution in [0.5, 0.6) is 0 Å². The molecule has 0 aromatic rings. The van der Waals surface area contributed by atoms with Crippen LogP contribution in [0.15, 0.2) is 97.4 Å². The maximum absolute atomic E-state index is 12.8. The standard InChI is InChI=1S/C35H45N3O2/c1-4-25-13-16-30(36-22-25)20-26-11-14-27(15-12-26)35-31-9-7-8-28(21-32(31)37-38-35)29-18-23(2)34(24(3)19-29)33(40)10-5-6-17-39/h5,7,9-10,13,18-20,22-23,27-28,30,34-35,39H,4,6,8,11-12,14-17,21H2,1-3H3/b10-5+,26-20?. The van der Waals surface area contributed by atoms with Crippen molar-refractivity contribution in [3.63, 3.8) is 0 Å². The predicted octanol–water partition coefficient (Wildman–Crippen LogP) is 7.98. The fourth-order valence-electron chi connectivity index (χ4n) is 7.07. The third-order valence-corrected chi connectivity index (χ3v) is 9.34. The lowest BCUT2D eigenvalue weighted by Gasteiger charge is -2.29. The fraction of sp³-hybridized carbons (Fsp3) is 0.543. The molecule has 0 bridgehead atoms. The second kappa shape index (κ2) is 13.2. The van der Waals surface area contributed by atoms with Crippen LogP contribution in [0.1, 0.15) is 78.6 Å². The molecule has 5 aliphatic rings. The molecule has 212 valence electrons. The van der Waals surface area contributed by atoms with Crippen molar-refractivity contribution in [2.75, 3.05) is 6.61 Å². The Hall–Kier alpha value is -2.92. The van der Waals surface area contributed by atoms with Crippen molar-refractivity contribution in [3.8, 4) is 0 Å². The number of dihydropyridines is 1. The van der Waals surface area contributed by atoms with Crippen molar-refractivity contribution < 1.29 is 9.90 Å². The van der Waals surface area contributed by atoms with Gasteiger partial charge in [0.05, 0.1) is 11.7 Å². The van der Waals surface area contributed by atoms with Crippen LogP contribution in [-0.4, -0.2) is 35.8 Å². The first-order valence-electron chi connectivity index (χ1n) is 15.4. The molecule has 0 aromatic carbocycles. The maximum Gasteiger partial charge on any atom is 0.163 e. The second-order valence-electron chi connectivity index (χ2n) is 12.2. The van der Waals surface area contributed by atoms with E-state index in [1.54, 1.807) is 17.7 Å². The monoisotopic (exact) mass is 539 g/mol. The Morgan fingerprint density at radius 1 is 1.20 bits per heavy atom. The lowest BCUT2D eigenvalue weighted by atomic mass is 9.75. The highest BCUT2D eigenvalue weighted by atomic mass is 16.2. The highest BCUT2D eigenvalue weighted by Gasteiger charge is 2.35. The molecule has 2 heterocycles. The summed E-state index contributed by atoms with van der Waals surface area (Å²) in [4.78, 5) is 17.6. The molecule has 0 saturated heterocycles. The average molecular weight is 540 g/mol. The van der Waals surface area contributed by atoms with E-state index in [1.165, 1.54) is 29.6 Å². The third-order valence-electron chi connectivity index (χ3n) is 9.34. The molecular formula is C35H45N3O2. The van der Waals surface area contributed by atoms with Crippen LogP contribution in [-0.2, 0) is 4.79 Å². The summed E-state index contributed by atoms with van der Waals surface area (Å²) in [6.45, 7) is 6.49. The van der Waals surface area contributed by atoms with Crippen molar-refractivity contribution >= 4 is 12.0 Å². The van der Waals surface area contributed by atoms with Gasteiger partial charge >= 0.3 is 0 Å². The van der Waals surface area contributed by atoms with E-state index in [-0.39, 0.29) is 30.3 Å². The Kier molecular flexibility index (Phi) is 9.41. The SMILES string of the molecule is CCC1=CCC(C=C2CCC(C3N=NC4=C3C=CCC(C3=CC(C)C(C(=O)/C=C/CCO)C(C)=C3)C4)CC2)N=C1. The highest BCUT2D eigenvalue weighted by Crippen LogP contribution is 2.43. The lowest BCUT2D eigenvalue weighted by Crippen LogP contribution is -2.24. The van der Waals surface area contributed by atoms with Crippen LogP contribution >= 0.6 is 0 Å². The number of aliphatic imine (C=N–C) groups is 1. The molecule has 5 unspecified atom stereocenters. The van der Waals surface area contributed by atoms with Crippen molar-refractivity contribution in [1.29, 1.82) is 0 Å². The largest absolute Gasteiger partial charge is 0.396 e. The second-order valence-corrected chi connectivity index (χ2v) is 12.2. The van der Waals surface area contributed by atoms with E-state index in [9.17, 15) is 4.79 Å². The van der Waals surface area contributed by atoms with Gasteiger partial charge in [0.15, 0.2) is 5.78 Å². The third kappa shape index (κ3) is 6.52. The van der Waals surface area contributed by atoms with Crippen LogP contribution in [0.25, 0.3) is 0 Å². The summed E-state index contributed by atoms with van der Waals surface area (Å²) in [7, 11) is 0. The molecule has 0 radical (unpaired) electrons. The number of allylic oxidation sites excluding steroid dienone is 9. The number of carbonyl (C=O) groups excluding carboxylic acids is 1. The summed E-state index contributed by atoms with van der Waals surface area (Å²) in [5.41, 5.74) is 7.86. The summed E-state index contributed by atoms with van der Waals surface area (Å²) in [6.07, 6.45) is 28.6. The Bertz CT molecular complexity index is 1240. The molecule has 0 spiro atoms. The van der Waals surface area contributed by atoms with Crippen molar-refractivity contribution in [2.24, 2.45) is 38.9 Å². The van der Waals surface area contributed by atoms with Gasteiger partial charge in [-0.05, 0) is 99.7 Å². The molecule has 0 amide bonds. The Labute approximate surface area is 240 Å². The van der Waals surface area contributed by atoms with Gasteiger partial charge in [-0.2, -0.15) is 10.2 Å². The minimum absolute atomic E-state index is 0.0702. The van der Waals surface area contributed by atoms with E-state index in [0.29, 0.717) is 24.3 Å². The van der Waals surface area contributed by atoms with Gasteiger partial charge in [-0.25, -0.2) is 0 Å². The number of aliphatic hydroxyl groups excluding tert-OH is 1. The van der Waals surface area contributed by atoms with E-state index in [0.717, 1.165) is 49.8 Å². The number of nitrogens with zero attached hydrogens (tertiary/aromatic N) is 3. The summed E-state index contributed by atoms with van der Waals surface area (Å²) in [5, 5.41) is 18.6. The molecule has 3 aliphatic carbocycles. The Morgan fingerprint density at radius 3 is 2.73 bits per heavy atom. The van der Waals surface area contributed by atoms with Gasteiger partial charge in [0.2, 0.25) is 0 Å². The van der Waals surface area contributed by atoms with Crippen LogP contribution in [0.3, 0.4) is 0 Å². The molecule has 5 rings (SSSR count). The van der Waals surface area contributed by atoms with Crippen LogP contribution < -0.4 is 0 Å². The lowest BCUT2D eigenvalue weighted by molar-refractivity contribution is -0.118. The van der Waals surface area contributed by atoms with Crippen molar-refractivity contribution in [3.05, 3.63) is 82.2 Å². The van der Waals surface area contributed by atoms with Gasteiger partial charge in [0.1, 0.15) is 6.04 Å². The molecule has 1 N–H and O–H groups in total. The molecule has 1 saturated carbocycles. The van der Waals surface area contributed by atoms with Gasteiger partial charge in [0, 0.05) is 24.3 Å². The average Bonchev–Trinajstić information content (AvgIpc) is 3.22. The number of azo groups is 1.